The van der Waals surface area contributed by atoms with Crippen LogP contribution in [0.2, 0.25) is 0 Å². The molecular weight excluding hydrogens is 440 g/mol. The van der Waals surface area contributed by atoms with E-state index in [9.17, 15) is 28.8 Å². The fraction of sp³-hybridized carbons (Fsp3) is 0.154. The lowest BCUT2D eigenvalue weighted by atomic mass is 9.82. The van der Waals surface area contributed by atoms with Crippen LogP contribution < -0.4 is 9.47 Å². The number of rotatable bonds is 3. The summed E-state index contributed by atoms with van der Waals surface area (Å²) in [5.41, 5.74) is 1.12. The Hall–Kier alpha value is -4.46. The SMILES string of the molecule is CC(=O)Oc1c2c(cc(C)c1-c1c(C)cc3c(c1OC(C)=O)C(=O)C=CC3=O)C(=O)C=CC2=O. The molecule has 0 N–H and O–H groups in total. The normalized spacial score (nSPS) is 14.1. The maximum Gasteiger partial charge on any atom is 0.308 e. The second-order valence-corrected chi connectivity index (χ2v) is 7.95. The first-order chi connectivity index (χ1) is 16.0. The lowest BCUT2D eigenvalue weighted by Crippen LogP contribution is -2.19. The van der Waals surface area contributed by atoms with Crippen molar-refractivity contribution in [1.29, 1.82) is 0 Å². The zero-order chi connectivity index (χ0) is 24.9. The van der Waals surface area contributed by atoms with E-state index in [0.717, 1.165) is 38.2 Å². The fourth-order valence-corrected chi connectivity index (χ4v) is 4.21. The molecule has 2 aliphatic carbocycles. The first-order valence-electron chi connectivity index (χ1n) is 10.3. The number of allylic oxidation sites excluding steroid dienone is 4. The number of carbonyl (C=O) groups is 6. The highest BCUT2D eigenvalue weighted by molar-refractivity contribution is 6.26. The average molecular weight is 458 g/mol. The van der Waals surface area contributed by atoms with Crippen molar-refractivity contribution in [3.8, 4) is 22.6 Å². The Morgan fingerprint density at radius 1 is 0.559 bits per heavy atom. The minimum atomic E-state index is -0.748. The van der Waals surface area contributed by atoms with Crippen molar-refractivity contribution in [1.82, 2.24) is 0 Å². The number of ketones is 4. The molecule has 0 radical (unpaired) electrons. The summed E-state index contributed by atoms with van der Waals surface area (Å²) >= 11 is 0. The molecule has 0 heterocycles. The highest BCUT2D eigenvalue weighted by atomic mass is 16.5. The molecule has 0 spiro atoms. The zero-order valence-corrected chi connectivity index (χ0v) is 18.7. The molecule has 0 atom stereocenters. The Morgan fingerprint density at radius 2 is 0.882 bits per heavy atom. The van der Waals surface area contributed by atoms with Gasteiger partial charge in [0, 0.05) is 36.1 Å². The molecule has 0 fully saturated rings. The lowest BCUT2D eigenvalue weighted by molar-refractivity contribution is -0.132. The largest absolute Gasteiger partial charge is 0.425 e. The second kappa shape index (κ2) is 8.15. The molecule has 34 heavy (non-hydrogen) atoms. The summed E-state index contributed by atoms with van der Waals surface area (Å²) < 4.78 is 10.9. The molecule has 170 valence electrons. The molecule has 2 aromatic rings. The number of aryl methyl sites for hydroxylation is 2. The molecule has 0 saturated carbocycles. The monoisotopic (exact) mass is 458 g/mol. The first-order valence-corrected chi connectivity index (χ1v) is 10.3. The van der Waals surface area contributed by atoms with Gasteiger partial charge in [-0.15, -0.1) is 0 Å². The van der Waals surface area contributed by atoms with Crippen LogP contribution in [0.3, 0.4) is 0 Å². The summed E-state index contributed by atoms with van der Waals surface area (Å²) in [5, 5.41) is 0. The van der Waals surface area contributed by atoms with Crippen molar-refractivity contribution < 1.29 is 38.2 Å². The van der Waals surface area contributed by atoms with Gasteiger partial charge >= 0.3 is 11.9 Å². The molecule has 4 rings (SSSR count). The van der Waals surface area contributed by atoms with Crippen molar-refractivity contribution in [2.24, 2.45) is 0 Å². The molecule has 0 aromatic heterocycles. The molecule has 0 saturated heterocycles. The van der Waals surface area contributed by atoms with Gasteiger partial charge < -0.3 is 9.47 Å². The predicted molar refractivity (Wildman–Crippen MR) is 120 cm³/mol. The maximum atomic E-state index is 12.8. The van der Waals surface area contributed by atoms with Gasteiger partial charge in [0.1, 0.15) is 0 Å². The molecule has 0 aliphatic heterocycles. The standard InChI is InChI=1S/C26H18O8/c1-11-9-15-17(29)5-7-19(31)23(15)25(33-13(3)27)21(11)22-12(2)10-16-18(30)6-8-20(32)24(16)26(22)34-14(4)28/h5-10H,1-4H3. The van der Waals surface area contributed by atoms with Gasteiger partial charge in [-0.05, 0) is 61.4 Å². The molecule has 0 amide bonds. The molecule has 2 aromatic carbocycles. The minimum absolute atomic E-state index is 0.0591. The molecule has 2 aliphatic rings. The smallest absolute Gasteiger partial charge is 0.308 e. The maximum absolute atomic E-state index is 12.8. The van der Waals surface area contributed by atoms with Crippen molar-refractivity contribution in [3.63, 3.8) is 0 Å². The molecular formula is C26H18O8. The van der Waals surface area contributed by atoms with Crippen LogP contribution in [0, 0.1) is 13.8 Å². The Balaban J connectivity index is 2.18. The zero-order valence-electron chi connectivity index (χ0n) is 18.7. The van der Waals surface area contributed by atoms with Gasteiger partial charge in [0.05, 0.1) is 11.1 Å². The van der Waals surface area contributed by atoms with Crippen molar-refractivity contribution in [3.05, 3.63) is 69.8 Å². The summed E-state index contributed by atoms with van der Waals surface area (Å²) in [6.45, 7) is 5.54. The third kappa shape index (κ3) is 3.59. The van der Waals surface area contributed by atoms with Gasteiger partial charge in [0.2, 0.25) is 0 Å². The number of ether oxygens (including phenoxy) is 2. The topological polar surface area (TPSA) is 121 Å². The molecule has 8 heteroatoms. The van der Waals surface area contributed by atoms with E-state index in [0.29, 0.717) is 11.1 Å². The van der Waals surface area contributed by atoms with E-state index in [-0.39, 0.29) is 44.9 Å². The third-order valence-corrected chi connectivity index (χ3v) is 5.49. The second-order valence-electron chi connectivity index (χ2n) is 7.95. The summed E-state index contributed by atoms with van der Waals surface area (Å²) in [5.74, 6) is -3.85. The number of carbonyl (C=O) groups excluding carboxylic acids is 6. The number of benzene rings is 2. The average Bonchev–Trinajstić information content (AvgIpc) is 2.74. The number of esters is 2. The highest BCUT2D eigenvalue weighted by Crippen LogP contribution is 2.48. The summed E-state index contributed by atoms with van der Waals surface area (Å²) in [6.07, 6.45) is 4.42. The number of fused-ring (bicyclic) bond motifs is 2. The Morgan fingerprint density at radius 3 is 1.21 bits per heavy atom. The summed E-state index contributed by atoms with van der Waals surface area (Å²) in [6, 6.07) is 2.95. The Kier molecular flexibility index (Phi) is 5.45. The van der Waals surface area contributed by atoms with Gasteiger partial charge in [-0.25, -0.2) is 0 Å². The first kappa shape index (κ1) is 22.7. The highest BCUT2D eigenvalue weighted by Gasteiger charge is 2.34. The van der Waals surface area contributed by atoms with Crippen molar-refractivity contribution in [2.45, 2.75) is 27.7 Å². The minimum Gasteiger partial charge on any atom is -0.425 e. The van der Waals surface area contributed by atoms with E-state index in [4.69, 9.17) is 9.47 Å². The predicted octanol–water partition coefficient (Wildman–Crippen LogP) is 3.69. The van der Waals surface area contributed by atoms with Gasteiger partial charge in [0.25, 0.3) is 0 Å². The van der Waals surface area contributed by atoms with Crippen LogP contribution in [0.15, 0.2) is 36.4 Å². The van der Waals surface area contributed by atoms with Gasteiger partial charge in [0.15, 0.2) is 34.6 Å². The van der Waals surface area contributed by atoms with Crippen LogP contribution in [0.25, 0.3) is 11.1 Å². The van der Waals surface area contributed by atoms with Crippen molar-refractivity contribution in [2.75, 3.05) is 0 Å². The van der Waals surface area contributed by atoms with Gasteiger partial charge in [-0.3, -0.25) is 28.8 Å². The molecule has 0 bridgehead atoms. The number of hydrogen-bond donors (Lipinski definition) is 0. The molecule has 0 unspecified atom stereocenters. The number of hydrogen-bond acceptors (Lipinski definition) is 8. The summed E-state index contributed by atoms with van der Waals surface area (Å²) in [4.78, 5) is 74.6. The molecule has 8 nitrogen and oxygen atoms in total. The fourth-order valence-electron chi connectivity index (χ4n) is 4.21. The Bertz CT molecular complexity index is 1330. The quantitative estimate of drug-likeness (QED) is 0.504. The van der Waals surface area contributed by atoms with Crippen LogP contribution in [-0.4, -0.2) is 35.1 Å². The van der Waals surface area contributed by atoms with Gasteiger partial charge in [-0.1, -0.05) is 0 Å². The van der Waals surface area contributed by atoms with E-state index in [1.165, 1.54) is 12.1 Å². The van der Waals surface area contributed by atoms with Crippen LogP contribution in [0.5, 0.6) is 11.5 Å². The Labute approximate surface area is 193 Å². The summed E-state index contributed by atoms with van der Waals surface area (Å²) in [7, 11) is 0. The van der Waals surface area contributed by atoms with E-state index in [2.05, 4.69) is 0 Å². The van der Waals surface area contributed by atoms with E-state index >= 15 is 0 Å². The van der Waals surface area contributed by atoms with E-state index in [1.807, 2.05) is 0 Å². The van der Waals surface area contributed by atoms with Crippen LogP contribution in [-0.2, 0) is 9.59 Å². The van der Waals surface area contributed by atoms with Crippen LogP contribution in [0.1, 0.15) is 66.4 Å². The third-order valence-electron chi connectivity index (χ3n) is 5.49. The van der Waals surface area contributed by atoms with Crippen LogP contribution >= 0.6 is 0 Å². The van der Waals surface area contributed by atoms with E-state index in [1.54, 1.807) is 13.8 Å². The van der Waals surface area contributed by atoms with E-state index < -0.39 is 35.1 Å². The lowest BCUT2D eigenvalue weighted by Gasteiger charge is -2.24. The van der Waals surface area contributed by atoms with Crippen molar-refractivity contribution >= 4 is 35.1 Å². The van der Waals surface area contributed by atoms with Crippen LogP contribution in [0.4, 0.5) is 0 Å². The van der Waals surface area contributed by atoms with Gasteiger partial charge in [-0.2, -0.15) is 0 Å².